The Morgan fingerprint density at radius 1 is 1.24 bits per heavy atom. The fourth-order valence-electron chi connectivity index (χ4n) is 2.92. The number of carbonyl (C=O) groups excluding carboxylic acids is 1. The van der Waals surface area contributed by atoms with Crippen LogP contribution >= 0.6 is 15.9 Å². The maximum atomic E-state index is 12.8. The van der Waals surface area contributed by atoms with Gasteiger partial charge in [0.05, 0.1) is 25.2 Å². The molecule has 0 aliphatic carbocycles. The number of hydrogen-bond acceptors (Lipinski definition) is 4. The van der Waals surface area contributed by atoms with Crippen molar-refractivity contribution in [2.24, 2.45) is 5.92 Å². The van der Waals surface area contributed by atoms with Crippen LogP contribution in [0.2, 0.25) is 0 Å². The number of ether oxygens (including phenoxy) is 3. The van der Waals surface area contributed by atoms with Crippen molar-refractivity contribution < 1.29 is 19.0 Å². The van der Waals surface area contributed by atoms with E-state index in [1.54, 1.807) is 6.07 Å². The van der Waals surface area contributed by atoms with Crippen LogP contribution in [0.25, 0.3) is 0 Å². The van der Waals surface area contributed by atoms with Crippen LogP contribution in [0.3, 0.4) is 0 Å². The SMILES string of the molecule is CCC1OCCC1C(=O)c1cc2c(cc1Br)OCCCO2. The molecule has 0 aromatic heterocycles. The van der Waals surface area contributed by atoms with Crippen molar-refractivity contribution in [1.29, 1.82) is 0 Å². The molecule has 2 unspecified atom stereocenters. The van der Waals surface area contributed by atoms with Gasteiger partial charge in [0.1, 0.15) is 0 Å². The molecule has 1 aromatic rings. The van der Waals surface area contributed by atoms with Crippen molar-refractivity contribution in [3.05, 3.63) is 22.2 Å². The second-order valence-electron chi connectivity index (χ2n) is 5.41. The molecule has 0 bridgehead atoms. The van der Waals surface area contributed by atoms with E-state index >= 15 is 0 Å². The lowest BCUT2D eigenvalue weighted by Gasteiger charge is -2.17. The van der Waals surface area contributed by atoms with Crippen LogP contribution in [0.15, 0.2) is 16.6 Å². The third-order valence-corrected chi connectivity index (χ3v) is 4.71. The highest BCUT2D eigenvalue weighted by Gasteiger charge is 2.34. The first-order chi connectivity index (χ1) is 10.2. The minimum Gasteiger partial charge on any atom is -0.490 e. The molecule has 3 rings (SSSR count). The van der Waals surface area contributed by atoms with Crippen LogP contribution in [-0.2, 0) is 4.74 Å². The molecule has 21 heavy (non-hydrogen) atoms. The summed E-state index contributed by atoms with van der Waals surface area (Å²) in [5, 5.41) is 0. The minimum absolute atomic E-state index is 0.0281. The van der Waals surface area contributed by atoms with Crippen molar-refractivity contribution >= 4 is 21.7 Å². The summed E-state index contributed by atoms with van der Waals surface area (Å²) in [6, 6.07) is 3.64. The largest absolute Gasteiger partial charge is 0.490 e. The van der Waals surface area contributed by atoms with E-state index in [2.05, 4.69) is 22.9 Å². The number of rotatable bonds is 3. The van der Waals surface area contributed by atoms with E-state index < -0.39 is 0 Å². The van der Waals surface area contributed by atoms with Crippen molar-refractivity contribution in [3.63, 3.8) is 0 Å². The van der Waals surface area contributed by atoms with E-state index in [9.17, 15) is 4.79 Å². The highest BCUT2D eigenvalue weighted by atomic mass is 79.9. The number of fused-ring (bicyclic) bond motifs is 1. The lowest BCUT2D eigenvalue weighted by atomic mass is 9.90. The predicted octanol–water partition coefficient (Wildman–Crippen LogP) is 3.61. The zero-order chi connectivity index (χ0) is 14.8. The molecule has 0 saturated carbocycles. The van der Waals surface area contributed by atoms with E-state index in [1.165, 1.54) is 0 Å². The second-order valence-corrected chi connectivity index (χ2v) is 6.26. The smallest absolute Gasteiger partial charge is 0.169 e. The molecule has 0 N–H and O–H groups in total. The summed E-state index contributed by atoms with van der Waals surface area (Å²) >= 11 is 3.49. The molecule has 1 aromatic carbocycles. The zero-order valence-corrected chi connectivity index (χ0v) is 13.6. The van der Waals surface area contributed by atoms with Crippen LogP contribution < -0.4 is 9.47 Å². The van der Waals surface area contributed by atoms with Crippen molar-refractivity contribution in [1.82, 2.24) is 0 Å². The highest BCUT2D eigenvalue weighted by Crippen LogP contribution is 2.37. The van der Waals surface area contributed by atoms with Gasteiger partial charge in [-0.2, -0.15) is 0 Å². The van der Waals surface area contributed by atoms with Gasteiger partial charge in [0.2, 0.25) is 0 Å². The Kier molecular flexibility index (Phi) is 4.50. The molecule has 114 valence electrons. The summed E-state index contributed by atoms with van der Waals surface area (Å²) in [6.07, 6.45) is 2.53. The molecule has 0 amide bonds. The number of Topliss-reactive ketones (excluding diaryl/α,β-unsaturated/α-hetero) is 1. The first kappa shape index (κ1) is 14.9. The Balaban J connectivity index is 1.91. The summed E-state index contributed by atoms with van der Waals surface area (Å²) in [5.74, 6) is 1.43. The van der Waals surface area contributed by atoms with Crippen molar-refractivity contribution in [2.45, 2.75) is 32.3 Å². The Morgan fingerprint density at radius 3 is 2.67 bits per heavy atom. The number of benzene rings is 1. The fourth-order valence-corrected chi connectivity index (χ4v) is 3.44. The lowest BCUT2D eigenvalue weighted by molar-refractivity contribution is 0.0688. The summed E-state index contributed by atoms with van der Waals surface area (Å²) < 4.78 is 17.7. The van der Waals surface area contributed by atoms with Gasteiger partial charge in [-0.1, -0.05) is 6.92 Å². The highest BCUT2D eigenvalue weighted by molar-refractivity contribution is 9.10. The Labute approximate surface area is 132 Å². The van der Waals surface area contributed by atoms with E-state index in [4.69, 9.17) is 14.2 Å². The number of hydrogen-bond donors (Lipinski definition) is 0. The zero-order valence-electron chi connectivity index (χ0n) is 12.1. The molecular weight excluding hydrogens is 336 g/mol. The lowest BCUT2D eigenvalue weighted by Crippen LogP contribution is -2.24. The van der Waals surface area contributed by atoms with Gasteiger partial charge in [0.15, 0.2) is 17.3 Å². The van der Waals surface area contributed by atoms with Gasteiger partial charge in [-0.15, -0.1) is 0 Å². The second kappa shape index (κ2) is 6.36. The molecule has 2 aliphatic heterocycles. The predicted molar refractivity (Wildman–Crippen MR) is 82.2 cm³/mol. The summed E-state index contributed by atoms with van der Waals surface area (Å²) in [5.41, 5.74) is 0.660. The monoisotopic (exact) mass is 354 g/mol. The first-order valence-corrected chi connectivity index (χ1v) is 8.25. The number of ketones is 1. The topological polar surface area (TPSA) is 44.8 Å². The van der Waals surface area contributed by atoms with Crippen LogP contribution in [0.1, 0.15) is 36.5 Å². The van der Waals surface area contributed by atoms with Gasteiger partial charge >= 0.3 is 0 Å². The van der Waals surface area contributed by atoms with Gasteiger partial charge in [0, 0.05) is 23.1 Å². The van der Waals surface area contributed by atoms with Gasteiger partial charge in [-0.3, -0.25) is 4.79 Å². The maximum Gasteiger partial charge on any atom is 0.169 e. The molecule has 4 nitrogen and oxygen atoms in total. The van der Waals surface area contributed by atoms with Gasteiger partial charge in [0.25, 0.3) is 0 Å². The quantitative estimate of drug-likeness (QED) is 0.777. The Hall–Kier alpha value is -1.07. The Bertz CT molecular complexity index is 543. The maximum absolute atomic E-state index is 12.8. The number of halogens is 1. The molecule has 2 heterocycles. The molecule has 0 spiro atoms. The first-order valence-electron chi connectivity index (χ1n) is 7.45. The summed E-state index contributed by atoms with van der Waals surface area (Å²) in [4.78, 5) is 12.8. The average Bonchev–Trinajstić information content (AvgIpc) is 2.85. The molecular formula is C16H19BrO4. The number of carbonyl (C=O) groups is 1. The standard InChI is InChI=1S/C16H19BrO4/c1-2-13-10(4-7-21-13)16(18)11-8-14-15(9-12(11)17)20-6-3-5-19-14/h8-10,13H,2-7H2,1H3. The van der Waals surface area contributed by atoms with Crippen LogP contribution in [0, 0.1) is 5.92 Å². The Morgan fingerprint density at radius 2 is 1.95 bits per heavy atom. The fraction of sp³-hybridized carbons (Fsp3) is 0.562. The van der Waals surface area contributed by atoms with E-state index in [0.29, 0.717) is 36.9 Å². The van der Waals surface area contributed by atoms with Crippen LogP contribution in [0.5, 0.6) is 11.5 Å². The van der Waals surface area contributed by atoms with E-state index in [-0.39, 0.29) is 17.8 Å². The van der Waals surface area contributed by atoms with Crippen molar-refractivity contribution in [2.75, 3.05) is 19.8 Å². The van der Waals surface area contributed by atoms with Crippen LogP contribution in [0.4, 0.5) is 0 Å². The van der Waals surface area contributed by atoms with Crippen molar-refractivity contribution in [3.8, 4) is 11.5 Å². The van der Waals surface area contributed by atoms with Gasteiger partial charge < -0.3 is 14.2 Å². The minimum atomic E-state index is -0.0592. The molecule has 5 heteroatoms. The summed E-state index contributed by atoms with van der Waals surface area (Å²) in [7, 11) is 0. The normalized spacial score (nSPS) is 24.7. The molecule has 2 aliphatic rings. The molecule has 1 fully saturated rings. The molecule has 1 saturated heterocycles. The van der Waals surface area contributed by atoms with Gasteiger partial charge in [-0.05, 0) is 40.9 Å². The van der Waals surface area contributed by atoms with Crippen LogP contribution in [-0.4, -0.2) is 31.7 Å². The van der Waals surface area contributed by atoms with E-state index in [0.717, 1.165) is 23.7 Å². The molecule has 0 radical (unpaired) electrons. The third kappa shape index (κ3) is 2.94. The van der Waals surface area contributed by atoms with E-state index in [1.807, 2.05) is 6.07 Å². The summed E-state index contributed by atoms with van der Waals surface area (Å²) in [6.45, 7) is 3.98. The third-order valence-electron chi connectivity index (χ3n) is 4.05. The average molecular weight is 355 g/mol. The molecule has 2 atom stereocenters. The van der Waals surface area contributed by atoms with Gasteiger partial charge in [-0.25, -0.2) is 0 Å².